The molecule has 2 aromatic carbocycles. The van der Waals surface area contributed by atoms with E-state index in [2.05, 4.69) is 4.98 Å². The van der Waals surface area contributed by atoms with Gasteiger partial charge in [0, 0.05) is 24.6 Å². The van der Waals surface area contributed by atoms with E-state index in [9.17, 15) is 19.7 Å². The summed E-state index contributed by atoms with van der Waals surface area (Å²) in [4.78, 5) is 43.5. The summed E-state index contributed by atoms with van der Waals surface area (Å²) in [5.41, 5.74) is 0.492. The van der Waals surface area contributed by atoms with Gasteiger partial charge in [0.2, 0.25) is 5.91 Å². The number of para-hydroxylation sites is 1. The highest BCUT2D eigenvalue weighted by atomic mass is 35.5. The molecule has 2 amide bonds. The van der Waals surface area contributed by atoms with Crippen molar-refractivity contribution in [3.05, 3.63) is 63.2 Å². The van der Waals surface area contributed by atoms with Crippen molar-refractivity contribution in [1.82, 2.24) is 9.88 Å². The fourth-order valence-corrected chi connectivity index (χ4v) is 4.30. The van der Waals surface area contributed by atoms with Crippen molar-refractivity contribution in [3.63, 3.8) is 0 Å². The number of nitro benzene ring substituents is 1. The molecule has 148 valence electrons. The summed E-state index contributed by atoms with van der Waals surface area (Å²) >= 11 is 7.20. The van der Waals surface area contributed by atoms with Crippen LogP contribution in [0.4, 0.5) is 10.8 Å². The van der Waals surface area contributed by atoms with E-state index in [0.29, 0.717) is 18.1 Å². The van der Waals surface area contributed by atoms with E-state index in [1.54, 1.807) is 4.90 Å². The molecule has 1 fully saturated rings. The van der Waals surface area contributed by atoms with Crippen LogP contribution >= 0.6 is 22.9 Å². The zero-order valence-electron chi connectivity index (χ0n) is 15.1. The van der Waals surface area contributed by atoms with E-state index in [1.165, 1.54) is 28.4 Å². The van der Waals surface area contributed by atoms with Gasteiger partial charge in [-0.05, 0) is 30.7 Å². The normalized spacial score (nSPS) is 13.8. The molecule has 2 heterocycles. The highest BCUT2D eigenvalue weighted by Crippen LogP contribution is 2.31. The quantitative estimate of drug-likeness (QED) is 0.448. The van der Waals surface area contributed by atoms with Crippen LogP contribution in [0.5, 0.6) is 0 Å². The van der Waals surface area contributed by atoms with Gasteiger partial charge in [0.15, 0.2) is 5.13 Å². The van der Waals surface area contributed by atoms with Crippen LogP contribution in [0.15, 0.2) is 42.5 Å². The summed E-state index contributed by atoms with van der Waals surface area (Å²) in [6.45, 7) is 0.586. The van der Waals surface area contributed by atoms with Crippen molar-refractivity contribution >= 4 is 55.8 Å². The minimum absolute atomic E-state index is 0.0356. The number of likely N-dealkylation sites (tertiary alicyclic amines) is 1. The number of hydrogen-bond donors (Lipinski definition) is 0. The van der Waals surface area contributed by atoms with Gasteiger partial charge in [0.1, 0.15) is 11.7 Å². The molecular weight excluding hydrogens is 416 g/mol. The number of amides is 2. The third kappa shape index (κ3) is 3.79. The largest absolute Gasteiger partial charge is 0.324 e. The summed E-state index contributed by atoms with van der Waals surface area (Å²) in [5, 5.41) is 11.6. The maximum absolute atomic E-state index is 13.3. The first-order valence-electron chi connectivity index (χ1n) is 8.83. The molecule has 0 bridgehead atoms. The minimum atomic E-state index is -0.634. The molecule has 0 spiro atoms. The molecule has 0 aliphatic carbocycles. The molecule has 1 aliphatic heterocycles. The molecule has 4 rings (SSSR count). The van der Waals surface area contributed by atoms with Gasteiger partial charge in [-0.15, -0.1) is 0 Å². The number of anilines is 1. The summed E-state index contributed by atoms with van der Waals surface area (Å²) in [7, 11) is 0. The fourth-order valence-electron chi connectivity index (χ4n) is 3.15. The second kappa shape index (κ2) is 7.76. The summed E-state index contributed by atoms with van der Waals surface area (Å²) in [6.07, 6.45) is 1.17. The Hall–Kier alpha value is -3.04. The number of nitro groups is 1. The van der Waals surface area contributed by atoms with Crippen molar-refractivity contribution in [3.8, 4) is 0 Å². The Morgan fingerprint density at radius 3 is 2.79 bits per heavy atom. The van der Waals surface area contributed by atoms with Crippen molar-refractivity contribution < 1.29 is 14.5 Å². The first kappa shape index (κ1) is 19.3. The number of fused-ring (bicyclic) bond motifs is 1. The van der Waals surface area contributed by atoms with Crippen LogP contribution in [0.2, 0.25) is 5.02 Å². The fraction of sp³-hybridized carbons (Fsp3) is 0.211. The molecule has 0 radical (unpaired) electrons. The van der Waals surface area contributed by atoms with Crippen LogP contribution in [0.3, 0.4) is 0 Å². The monoisotopic (exact) mass is 430 g/mol. The Morgan fingerprint density at radius 2 is 2.10 bits per heavy atom. The standard InChI is InChI=1S/C19H15ClN4O4S/c20-13-8-7-12(10-15(13)24(27)28)18(26)23(11-22-9-3-6-17(22)25)19-21-14-4-1-2-5-16(14)29-19/h1-2,4-5,7-8,10H,3,6,9,11H2. The van der Waals surface area contributed by atoms with Gasteiger partial charge >= 0.3 is 0 Å². The van der Waals surface area contributed by atoms with Crippen LogP contribution in [0.25, 0.3) is 10.2 Å². The molecule has 8 nitrogen and oxygen atoms in total. The number of carbonyl (C=O) groups excluding carboxylic acids is 2. The second-order valence-electron chi connectivity index (χ2n) is 6.52. The van der Waals surface area contributed by atoms with E-state index >= 15 is 0 Å². The lowest BCUT2D eigenvalue weighted by Crippen LogP contribution is -2.42. The first-order valence-corrected chi connectivity index (χ1v) is 10.0. The van der Waals surface area contributed by atoms with E-state index in [4.69, 9.17) is 11.6 Å². The zero-order valence-corrected chi connectivity index (χ0v) is 16.7. The number of aromatic nitrogens is 1. The van der Waals surface area contributed by atoms with Gasteiger partial charge in [-0.2, -0.15) is 0 Å². The van der Waals surface area contributed by atoms with Gasteiger partial charge in [-0.25, -0.2) is 4.98 Å². The third-order valence-electron chi connectivity index (χ3n) is 4.63. The molecular formula is C19H15ClN4O4S. The predicted octanol–water partition coefficient (Wildman–Crippen LogP) is 4.08. The Bertz CT molecular complexity index is 1100. The smallest absolute Gasteiger partial charge is 0.288 e. The molecule has 1 aliphatic rings. The predicted molar refractivity (Wildman–Crippen MR) is 110 cm³/mol. The van der Waals surface area contributed by atoms with Crippen molar-refractivity contribution in [1.29, 1.82) is 0 Å². The van der Waals surface area contributed by atoms with Crippen LogP contribution in [0.1, 0.15) is 23.2 Å². The van der Waals surface area contributed by atoms with E-state index in [1.807, 2.05) is 24.3 Å². The van der Waals surface area contributed by atoms with Crippen LogP contribution in [-0.4, -0.2) is 39.8 Å². The molecule has 0 saturated carbocycles. The topological polar surface area (TPSA) is 96.7 Å². The summed E-state index contributed by atoms with van der Waals surface area (Å²) in [5.74, 6) is -0.519. The van der Waals surface area contributed by atoms with Crippen LogP contribution < -0.4 is 4.90 Å². The number of nitrogens with zero attached hydrogens (tertiary/aromatic N) is 4. The molecule has 1 aromatic heterocycles. The number of hydrogen-bond acceptors (Lipinski definition) is 6. The van der Waals surface area contributed by atoms with Gasteiger partial charge in [-0.1, -0.05) is 35.1 Å². The molecule has 0 N–H and O–H groups in total. The Balaban J connectivity index is 1.75. The molecule has 10 heteroatoms. The lowest BCUT2D eigenvalue weighted by molar-refractivity contribution is -0.384. The Kier molecular flexibility index (Phi) is 5.16. The van der Waals surface area contributed by atoms with Crippen molar-refractivity contribution in [2.75, 3.05) is 18.1 Å². The van der Waals surface area contributed by atoms with Crippen LogP contribution in [-0.2, 0) is 4.79 Å². The highest BCUT2D eigenvalue weighted by molar-refractivity contribution is 7.22. The number of carbonyl (C=O) groups is 2. The second-order valence-corrected chi connectivity index (χ2v) is 7.94. The van der Waals surface area contributed by atoms with Gasteiger partial charge in [-0.3, -0.25) is 24.6 Å². The van der Waals surface area contributed by atoms with Gasteiger partial charge in [0.25, 0.3) is 11.6 Å². The van der Waals surface area contributed by atoms with E-state index in [-0.39, 0.29) is 28.8 Å². The SMILES string of the molecule is O=C1CCCN1CN(C(=O)c1ccc(Cl)c([N+](=O)[O-])c1)c1nc2ccccc2s1. The average molecular weight is 431 g/mol. The molecule has 0 atom stereocenters. The first-order chi connectivity index (χ1) is 13.9. The third-order valence-corrected chi connectivity index (χ3v) is 6.01. The van der Waals surface area contributed by atoms with Crippen molar-refractivity contribution in [2.24, 2.45) is 0 Å². The van der Waals surface area contributed by atoms with E-state index < -0.39 is 10.8 Å². The number of thiazole rings is 1. The lowest BCUT2D eigenvalue weighted by Gasteiger charge is -2.26. The van der Waals surface area contributed by atoms with Crippen molar-refractivity contribution in [2.45, 2.75) is 12.8 Å². The molecule has 3 aromatic rings. The maximum atomic E-state index is 13.3. The van der Waals surface area contributed by atoms with Gasteiger partial charge < -0.3 is 4.90 Å². The maximum Gasteiger partial charge on any atom is 0.288 e. The average Bonchev–Trinajstić information content (AvgIpc) is 3.31. The highest BCUT2D eigenvalue weighted by Gasteiger charge is 2.29. The number of benzene rings is 2. The van der Waals surface area contributed by atoms with E-state index in [0.717, 1.165) is 22.7 Å². The molecule has 0 unspecified atom stereocenters. The van der Waals surface area contributed by atoms with Crippen LogP contribution in [0, 0.1) is 10.1 Å². The number of rotatable bonds is 5. The minimum Gasteiger partial charge on any atom is -0.324 e. The summed E-state index contributed by atoms with van der Waals surface area (Å²) < 4.78 is 0.898. The Morgan fingerprint density at radius 1 is 1.31 bits per heavy atom. The Labute approximate surface area is 174 Å². The van der Waals surface area contributed by atoms with Gasteiger partial charge in [0.05, 0.1) is 15.1 Å². The summed E-state index contributed by atoms with van der Waals surface area (Å²) in [6, 6.07) is 11.4. The lowest BCUT2D eigenvalue weighted by atomic mass is 10.2. The molecule has 29 heavy (non-hydrogen) atoms. The molecule has 1 saturated heterocycles. The zero-order chi connectivity index (χ0) is 20.5. The number of halogens is 1.